The summed E-state index contributed by atoms with van der Waals surface area (Å²) in [5.74, 6) is 0.120. The van der Waals surface area contributed by atoms with Crippen LogP contribution in [0, 0.1) is 20.2 Å². The van der Waals surface area contributed by atoms with Crippen molar-refractivity contribution in [2.75, 3.05) is 13.9 Å². The Morgan fingerprint density at radius 1 is 0.958 bits per heavy atom. The third-order valence-corrected chi connectivity index (χ3v) is 3.08. The second-order valence-electron chi connectivity index (χ2n) is 4.72. The van der Waals surface area contributed by atoms with E-state index >= 15 is 0 Å². The van der Waals surface area contributed by atoms with E-state index in [4.69, 9.17) is 9.47 Å². The average molecular weight is 330 g/mol. The van der Waals surface area contributed by atoms with E-state index in [1.807, 2.05) is 0 Å². The minimum atomic E-state index is -0.534. The van der Waals surface area contributed by atoms with Gasteiger partial charge in [-0.25, -0.2) is 0 Å². The van der Waals surface area contributed by atoms with Crippen molar-refractivity contribution < 1.29 is 19.3 Å². The molecule has 0 radical (unpaired) electrons. The number of ether oxygens (including phenoxy) is 2. The number of hydrogen-bond acceptors (Lipinski definition) is 6. The summed E-state index contributed by atoms with van der Waals surface area (Å²) in [4.78, 5) is 20.7. The second kappa shape index (κ2) is 7.84. The van der Waals surface area contributed by atoms with Crippen LogP contribution in [0.25, 0.3) is 12.2 Å². The highest BCUT2D eigenvalue weighted by Crippen LogP contribution is 2.28. The molecule has 0 atom stereocenters. The SMILES string of the molecule is COCOc1ccc(C=Cc2ccc([N+](=O)[O-])cc2)cc1[N+](=O)[O-]. The Bertz CT molecular complexity index is 771. The van der Waals surface area contributed by atoms with Crippen molar-refractivity contribution in [3.8, 4) is 5.75 Å². The number of hydrogen-bond donors (Lipinski definition) is 0. The van der Waals surface area contributed by atoms with Crippen molar-refractivity contribution in [3.63, 3.8) is 0 Å². The Labute approximate surface area is 137 Å². The molecule has 8 heteroatoms. The fraction of sp³-hybridized carbons (Fsp3) is 0.125. The van der Waals surface area contributed by atoms with Crippen molar-refractivity contribution >= 4 is 23.5 Å². The normalized spacial score (nSPS) is 10.7. The van der Waals surface area contributed by atoms with Gasteiger partial charge in [0.25, 0.3) is 5.69 Å². The lowest BCUT2D eigenvalue weighted by molar-refractivity contribution is -0.386. The van der Waals surface area contributed by atoms with Gasteiger partial charge in [-0.2, -0.15) is 0 Å². The summed E-state index contributed by atoms with van der Waals surface area (Å²) in [5, 5.41) is 21.7. The zero-order valence-electron chi connectivity index (χ0n) is 12.7. The van der Waals surface area contributed by atoms with Crippen molar-refractivity contribution in [1.82, 2.24) is 0 Å². The van der Waals surface area contributed by atoms with Crippen molar-refractivity contribution in [3.05, 3.63) is 73.8 Å². The maximum atomic E-state index is 11.1. The van der Waals surface area contributed by atoms with E-state index in [2.05, 4.69) is 0 Å². The van der Waals surface area contributed by atoms with Crippen molar-refractivity contribution in [2.24, 2.45) is 0 Å². The van der Waals surface area contributed by atoms with Gasteiger partial charge in [0.1, 0.15) is 0 Å². The van der Waals surface area contributed by atoms with Crippen molar-refractivity contribution in [2.45, 2.75) is 0 Å². The average Bonchev–Trinajstić information content (AvgIpc) is 2.58. The molecule has 0 bridgehead atoms. The monoisotopic (exact) mass is 330 g/mol. The molecule has 8 nitrogen and oxygen atoms in total. The molecule has 0 amide bonds. The van der Waals surface area contributed by atoms with Crippen LogP contribution in [0.2, 0.25) is 0 Å². The van der Waals surface area contributed by atoms with E-state index in [0.717, 1.165) is 5.56 Å². The number of nitrogens with zero attached hydrogens (tertiary/aromatic N) is 2. The number of methoxy groups -OCH3 is 1. The lowest BCUT2D eigenvalue weighted by Gasteiger charge is -2.05. The first-order chi connectivity index (χ1) is 11.5. The smallest absolute Gasteiger partial charge is 0.311 e. The highest BCUT2D eigenvalue weighted by molar-refractivity contribution is 5.72. The van der Waals surface area contributed by atoms with E-state index < -0.39 is 9.85 Å². The second-order valence-corrected chi connectivity index (χ2v) is 4.72. The fourth-order valence-electron chi connectivity index (χ4n) is 1.92. The van der Waals surface area contributed by atoms with Gasteiger partial charge in [-0.05, 0) is 29.3 Å². The van der Waals surface area contributed by atoms with Crippen LogP contribution in [-0.2, 0) is 4.74 Å². The zero-order chi connectivity index (χ0) is 17.5. The largest absolute Gasteiger partial charge is 0.460 e. The highest BCUT2D eigenvalue weighted by Gasteiger charge is 2.15. The van der Waals surface area contributed by atoms with Crippen LogP contribution in [-0.4, -0.2) is 23.7 Å². The number of benzene rings is 2. The molecule has 0 saturated carbocycles. The van der Waals surface area contributed by atoms with Crippen LogP contribution in [0.5, 0.6) is 5.75 Å². The molecule has 0 aliphatic carbocycles. The molecule has 2 rings (SSSR count). The first-order valence-electron chi connectivity index (χ1n) is 6.84. The Kier molecular flexibility index (Phi) is 5.58. The van der Waals surface area contributed by atoms with Gasteiger partial charge < -0.3 is 9.47 Å². The summed E-state index contributed by atoms with van der Waals surface area (Å²) in [6.07, 6.45) is 3.38. The molecule has 0 aliphatic rings. The van der Waals surface area contributed by atoms with Crippen LogP contribution < -0.4 is 4.74 Å². The summed E-state index contributed by atoms with van der Waals surface area (Å²) in [7, 11) is 1.42. The third kappa shape index (κ3) is 4.37. The highest BCUT2D eigenvalue weighted by atomic mass is 16.7. The summed E-state index contributed by atoms with van der Waals surface area (Å²) >= 11 is 0. The van der Waals surface area contributed by atoms with E-state index in [9.17, 15) is 20.2 Å². The third-order valence-electron chi connectivity index (χ3n) is 3.08. The molecule has 0 aliphatic heterocycles. The summed E-state index contributed by atoms with van der Waals surface area (Å²) in [6.45, 7) is -0.0845. The van der Waals surface area contributed by atoms with Gasteiger partial charge in [-0.3, -0.25) is 20.2 Å². The van der Waals surface area contributed by atoms with Crippen LogP contribution >= 0.6 is 0 Å². The number of rotatable bonds is 7. The molecule has 2 aromatic carbocycles. The molecule has 0 fully saturated rings. The Morgan fingerprint density at radius 3 is 2.17 bits per heavy atom. The van der Waals surface area contributed by atoms with Gasteiger partial charge in [0.15, 0.2) is 12.5 Å². The molecule has 24 heavy (non-hydrogen) atoms. The quantitative estimate of drug-likeness (QED) is 0.332. The summed E-state index contributed by atoms with van der Waals surface area (Å²) in [6, 6.07) is 10.5. The number of nitro benzene ring substituents is 2. The minimum Gasteiger partial charge on any atom is -0.460 e. The molecule has 0 N–H and O–H groups in total. The summed E-state index contributed by atoms with van der Waals surface area (Å²) < 4.78 is 9.88. The Morgan fingerprint density at radius 2 is 1.58 bits per heavy atom. The fourth-order valence-corrected chi connectivity index (χ4v) is 1.92. The Hall–Kier alpha value is -3.26. The van der Waals surface area contributed by atoms with Gasteiger partial charge in [0.2, 0.25) is 0 Å². The van der Waals surface area contributed by atoms with Crippen LogP contribution in [0.1, 0.15) is 11.1 Å². The van der Waals surface area contributed by atoms with Crippen LogP contribution in [0.3, 0.4) is 0 Å². The summed E-state index contributed by atoms with van der Waals surface area (Å²) in [5.41, 5.74) is 1.17. The number of nitro groups is 2. The molecular formula is C16H14N2O6. The minimum absolute atomic E-state index is 0.00225. The lowest BCUT2D eigenvalue weighted by Crippen LogP contribution is -2.02. The van der Waals surface area contributed by atoms with Gasteiger partial charge >= 0.3 is 5.69 Å². The molecule has 0 saturated heterocycles. The van der Waals surface area contributed by atoms with Gasteiger partial charge in [0, 0.05) is 25.3 Å². The predicted molar refractivity (Wildman–Crippen MR) is 87.6 cm³/mol. The first kappa shape index (κ1) is 17.1. The molecule has 0 spiro atoms. The molecule has 124 valence electrons. The van der Waals surface area contributed by atoms with E-state index in [1.165, 1.54) is 31.4 Å². The lowest BCUT2D eigenvalue weighted by atomic mass is 10.1. The maximum Gasteiger partial charge on any atom is 0.311 e. The van der Waals surface area contributed by atoms with Crippen LogP contribution in [0.4, 0.5) is 11.4 Å². The van der Waals surface area contributed by atoms with E-state index in [1.54, 1.807) is 30.4 Å². The predicted octanol–water partition coefficient (Wildman–Crippen LogP) is 3.66. The Balaban J connectivity index is 2.21. The van der Waals surface area contributed by atoms with Crippen molar-refractivity contribution in [1.29, 1.82) is 0 Å². The topological polar surface area (TPSA) is 105 Å². The zero-order valence-corrected chi connectivity index (χ0v) is 12.7. The van der Waals surface area contributed by atoms with Gasteiger partial charge in [0.05, 0.1) is 9.85 Å². The maximum absolute atomic E-state index is 11.1. The standard InChI is InChI=1S/C16H14N2O6/c1-23-11-24-16-9-6-13(10-15(16)18(21)22)3-2-12-4-7-14(8-5-12)17(19)20/h2-10H,11H2,1H3. The molecule has 0 aromatic heterocycles. The molecule has 2 aromatic rings. The first-order valence-corrected chi connectivity index (χ1v) is 6.84. The molecule has 0 heterocycles. The van der Waals surface area contributed by atoms with E-state index in [0.29, 0.717) is 5.56 Å². The number of non-ortho nitro benzene ring substituents is 1. The molecule has 0 unspecified atom stereocenters. The van der Waals surface area contributed by atoms with E-state index in [-0.39, 0.29) is 23.9 Å². The van der Waals surface area contributed by atoms with Crippen LogP contribution in [0.15, 0.2) is 42.5 Å². The molecular weight excluding hydrogens is 316 g/mol. The van der Waals surface area contributed by atoms with Gasteiger partial charge in [-0.15, -0.1) is 0 Å². The van der Waals surface area contributed by atoms with Gasteiger partial charge in [-0.1, -0.05) is 18.2 Å².